The van der Waals surface area contributed by atoms with Gasteiger partial charge in [0.05, 0.1) is 4.92 Å². The molecule has 1 aromatic carbocycles. The number of nitrogens with zero attached hydrogens (tertiary/aromatic N) is 1. The van der Waals surface area contributed by atoms with Crippen molar-refractivity contribution in [2.75, 3.05) is 0 Å². The second kappa shape index (κ2) is 3.80. The number of hydrogen-bond donors (Lipinski definition) is 0. The van der Waals surface area contributed by atoms with Crippen molar-refractivity contribution in [2.24, 2.45) is 0 Å². The molecule has 1 rings (SSSR count). The molecule has 0 saturated carbocycles. The highest BCUT2D eigenvalue weighted by molar-refractivity contribution is 5.52. The molecular weight excluding hydrogens is 173 g/mol. The van der Waals surface area contributed by atoms with E-state index < -0.39 is 10.7 Å². The van der Waals surface area contributed by atoms with Crippen LogP contribution >= 0.6 is 0 Å². The summed E-state index contributed by atoms with van der Waals surface area (Å²) in [5.41, 5.74) is 1.33. The molecule has 1 aromatic rings. The van der Waals surface area contributed by atoms with Gasteiger partial charge in [0.15, 0.2) is 0 Å². The quantitative estimate of drug-likeness (QED) is 0.519. The molecule has 0 aliphatic heterocycles. The molecule has 0 amide bonds. The van der Waals surface area contributed by atoms with E-state index >= 15 is 0 Å². The second-order valence-corrected chi connectivity index (χ2v) is 2.60. The van der Waals surface area contributed by atoms with Crippen LogP contribution in [0.2, 0.25) is 0 Å². The van der Waals surface area contributed by atoms with E-state index in [-0.39, 0.29) is 0 Å². The average Bonchev–Trinajstić information content (AvgIpc) is 2.06. The summed E-state index contributed by atoms with van der Waals surface area (Å²) >= 11 is 0. The Labute approximate surface area is 74.7 Å². The van der Waals surface area contributed by atoms with Crippen LogP contribution in [0.4, 0.5) is 4.39 Å². The van der Waals surface area contributed by atoms with Crippen molar-refractivity contribution in [3.8, 4) is 0 Å². The Morgan fingerprint density at radius 1 is 1.54 bits per heavy atom. The Kier molecular flexibility index (Phi) is 2.74. The van der Waals surface area contributed by atoms with Crippen LogP contribution in [0.15, 0.2) is 24.4 Å². The molecule has 0 unspecified atom stereocenters. The van der Waals surface area contributed by atoms with Crippen molar-refractivity contribution in [3.05, 3.63) is 51.5 Å². The summed E-state index contributed by atoms with van der Waals surface area (Å²) in [5, 5.41) is 9.99. The Morgan fingerprint density at radius 3 is 2.85 bits per heavy atom. The van der Waals surface area contributed by atoms with Gasteiger partial charge < -0.3 is 0 Å². The molecule has 4 heteroatoms. The fourth-order valence-corrected chi connectivity index (χ4v) is 0.932. The largest absolute Gasteiger partial charge is 0.259 e. The normalized spacial score (nSPS) is 10.6. The number of halogens is 1. The van der Waals surface area contributed by atoms with E-state index in [1.54, 1.807) is 13.0 Å². The van der Waals surface area contributed by atoms with Gasteiger partial charge in [-0.05, 0) is 30.2 Å². The van der Waals surface area contributed by atoms with Crippen LogP contribution in [0.25, 0.3) is 6.08 Å². The maximum Gasteiger partial charge on any atom is 0.235 e. The highest BCUT2D eigenvalue weighted by Crippen LogP contribution is 2.11. The van der Waals surface area contributed by atoms with Crippen molar-refractivity contribution in [1.82, 2.24) is 0 Å². The van der Waals surface area contributed by atoms with Gasteiger partial charge in [-0.2, -0.15) is 0 Å². The molecule has 0 N–H and O–H groups in total. The number of benzene rings is 1. The molecule has 0 aromatic heterocycles. The fraction of sp³-hybridized carbons (Fsp3) is 0.111. The minimum absolute atomic E-state index is 0.395. The highest BCUT2D eigenvalue weighted by atomic mass is 19.1. The van der Waals surface area contributed by atoms with E-state index in [1.165, 1.54) is 18.2 Å². The molecule has 0 aliphatic carbocycles. The molecule has 0 aliphatic rings. The molecule has 3 nitrogen and oxygen atoms in total. The first-order valence-electron chi connectivity index (χ1n) is 3.67. The van der Waals surface area contributed by atoms with E-state index in [9.17, 15) is 14.5 Å². The zero-order chi connectivity index (χ0) is 9.84. The molecule has 0 spiro atoms. The number of nitro groups is 1. The third-order valence-electron chi connectivity index (χ3n) is 1.62. The summed E-state index contributed by atoms with van der Waals surface area (Å²) in [6, 6.07) is 4.16. The van der Waals surface area contributed by atoms with Crippen molar-refractivity contribution in [2.45, 2.75) is 6.92 Å². The molecule has 0 radical (unpaired) electrons. The van der Waals surface area contributed by atoms with Gasteiger partial charge in [0.25, 0.3) is 0 Å². The molecule has 0 heterocycles. The number of hydrogen-bond acceptors (Lipinski definition) is 2. The van der Waals surface area contributed by atoms with E-state index in [4.69, 9.17) is 0 Å². The fourth-order valence-electron chi connectivity index (χ4n) is 0.932. The molecule has 0 atom stereocenters. The summed E-state index contributed by atoms with van der Waals surface area (Å²) in [4.78, 5) is 9.41. The monoisotopic (exact) mass is 181 g/mol. The Balaban J connectivity index is 3.00. The number of rotatable bonds is 2. The topological polar surface area (TPSA) is 43.1 Å². The molecule has 0 saturated heterocycles. The lowest BCUT2D eigenvalue weighted by Gasteiger charge is -1.97. The van der Waals surface area contributed by atoms with Gasteiger partial charge in [0.2, 0.25) is 6.20 Å². The van der Waals surface area contributed by atoms with Gasteiger partial charge in [-0.25, -0.2) is 4.39 Å². The van der Waals surface area contributed by atoms with Crippen LogP contribution in [-0.4, -0.2) is 4.92 Å². The van der Waals surface area contributed by atoms with Crippen molar-refractivity contribution in [1.29, 1.82) is 0 Å². The summed E-state index contributed by atoms with van der Waals surface area (Å²) in [6.45, 7) is 1.76. The zero-order valence-corrected chi connectivity index (χ0v) is 7.03. The Morgan fingerprint density at radius 2 is 2.23 bits per heavy atom. The maximum atomic E-state index is 12.7. The highest BCUT2D eigenvalue weighted by Gasteiger charge is 1.97. The lowest BCUT2D eigenvalue weighted by Crippen LogP contribution is -1.86. The van der Waals surface area contributed by atoms with Crippen molar-refractivity contribution < 1.29 is 9.31 Å². The minimum atomic E-state index is -0.579. The van der Waals surface area contributed by atoms with Gasteiger partial charge in [-0.1, -0.05) is 6.07 Å². The smallest absolute Gasteiger partial charge is 0.235 e. The van der Waals surface area contributed by atoms with Crippen molar-refractivity contribution >= 4 is 6.08 Å². The lowest BCUT2D eigenvalue weighted by atomic mass is 10.1. The van der Waals surface area contributed by atoms with E-state index in [0.29, 0.717) is 5.56 Å². The summed E-state index contributed by atoms with van der Waals surface area (Å²) in [7, 11) is 0. The average molecular weight is 181 g/mol. The van der Waals surface area contributed by atoms with E-state index in [2.05, 4.69) is 0 Å². The molecule has 13 heavy (non-hydrogen) atoms. The lowest BCUT2D eigenvalue weighted by molar-refractivity contribution is -0.400. The van der Waals surface area contributed by atoms with E-state index in [0.717, 1.165) is 11.8 Å². The van der Waals surface area contributed by atoms with Gasteiger partial charge in [0.1, 0.15) is 5.82 Å². The number of aryl methyl sites for hydroxylation is 1. The maximum absolute atomic E-state index is 12.7. The third-order valence-corrected chi connectivity index (χ3v) is 1.62. The van der Waals surface area contributed by atoms with Crippen molar-refractivity contribution in [3.63, 3.8) is 0 Å². The Hall–Kier alpha value is -1.71. The first-order valence-corrected chi connectivity index (χ1v) is 3.67. The van der Waals surface area contributed by atoms with Crippen LogP contribution in [-0.2, 0) is 0 Å². The summed E-state index contributed by atoms with van der Waals surface area (Å²) in [5.74, 6) is -0.395. The van der Waals surface area contributed by atoms with Crippen LogP contribution in [0.3, 0.4) is 0 Å². The summed E-state index contributed by atoms with van der Waals surface area (Å²) < 4.78 is 12.7. The predicted molar refractivity (Wildman–Crippen MR) is 47.2 cm³/mol. The zero-order valence-electron chi connectivity index (χ0n) is 7.03. The Bertz CT molecular complexity index is 361. The third kappa shape index (κ3) is 2.66. The van der Waals surface area contributed by atoms with Gasteiger partial charge in [-0.3, -0.25) is 10.1 Å². The first-order chi connectivity index (χ1) is 6.09. The van der Waals surface area contributed by atoms with Crippen LogP contribution in [0.5, 0.6) is 0 Å². The molecule has 0 fully saturated rings. The molecule has 68 valence electrons. The van der Waals surface area contributed by atoms with Crippen LogP contribution < -0.4 is 0 Å². The van der Waals surface area contributed by atoms with Gasteiger partial charge >= 0.3 is 0 Å². The first kappa shape index (κ1) is 9.38. The molecular formula is C9H8FNO2. The molecule has 0 bridgehead atoms. The minimum Gasteiger partial charge on any atom is -0.259 e. The second-order valence-electron chi connectivity index (χ2n) is 2.60. The van der Waals surface area contributed by atoms with Crippen LogP contribution in [0.1, 0.15) is 11.1 Å². The van der Waals surface area contributed by atoms with Gasteiger partial charge in [-0.15, -0.1) is 0 Å². The predicted octanol–water partition coefficient (Wildman–Crippen LogP) is 2.38. The SMILES string of the molecule is Cc1ccc(F)cc1/C=C/[N+](=O)[O-]. The standard InChI is InChI=1S/C9H8FNO2/c1-7-2-3-9(10)6-8(7)4-5-11(12)13/h2-6H,1H3/b5-4+. The van der Waals surface area contributed by atoms with Crippen LogP contribution in [0, 0.1) is 22.9 Å². The van der Waals surface area contributed by atoms with E-state index in [1.807, 2.05) is 0 Å². The summed E-state index contributed by atoms with van der Waals surface area (Å²) in [6.07, 6.45) is 2.07. The van der Waals surface area contributed by atoms with Gasteiger partial charge in [0, 0.05) is 6.08 Å².